The van der Waals surface area contributed by atoms with Crippen molar-refractivity contribution in [1.82, 2.24) is 10.2 Å². The van der Waals surface area contributed by atoms with Gasteiger partial charge in [0, 0.05) is 19.0 Å². The van der Waals surface area contributed by atoms with E-state index in [1.165, 1.54) is 16.4 Å². The Bertz CT molecular complexity index is 1790. The molecule has 2 amide bonds. The van der Waals surface area contributed by atoms with Gasteiger partial charge in [-0.1, -0.05) is 92.1 Å². The van der Waals surface area contributed by atoms with Crippen LogP contribution in [-0.4, -0.2) is 50.9 Å². The number of carbonyl (C=O) groups excluding carboxylic acids is 2. The summed E-state index contributed by atoms with van der Waals surface area (Å²) in [7, 11) is -2.59. The predicted octanol–water partition coefficient (Wildman–Crippen LogP) is 6.60. The zero-order chi connectivity index (χ0) is 34.1. The van der Waals surface area contributed by atoms with E-state index in [1.807, 2.05) is 80.6 Å². The summed E-state index contributed by atoms with van der Waals surface area (Å²) in [5, 5.41) is 3.25. The minimum Gasteiger partial charge on any atom is -0.497 e. The molecule has 1 aliphatic carbocycles. The monoisotopic (exact) mass is 667 g/mol. The lowest BCUT2D eigenvalue weighted by atomic mass is 9.94. The normalized spacial score (nSPS) is 14.1. The number of rotatable bonds is 13. The van der Waals surface area contributed by atoms with Gasteiger partial charge in [-0.3, -0.25) is 13.9 Å². The third-order valence-corrected chi connectivity index (χ3v) is 10.7. The molecule has 0 bridgehead atoms. The van der Waals surface area contributed by atoms with Crippen molar-refractivity contribution in [3.8, 4) is 5.75 Å². The number of anilines is 1. The molecule has 9 heteroatoms. The summed E-state index contributed by atoms with van der Waals surface area (Å²) in [5.41, 5.74) is 3.64. The molecule has 8 nitrogen and oxygen atoms in total. The summed E-state index contributed by atoms with van der Waals surface area (Å²) in [6, 6.07) is 29.8. The molecule has 1 unspecified atom stereocenters. The first-order valence-electron chi connectivity index (χ1n) is 16.6. The minimum atomic E-state index is -4.17. The van der Waals surface area contributed by atoms with E-state index in [1.54, 1.807) is 36.3 Å². The van der Waals surface area contributed by atoms with Crippen LogP contribution in [0.2, 0.25) is 0 Å². The van der Waals surface area contributed by atoms with E-state index in [4.69, 9.17) is 4.74 Å². The van der Waals surface area contributed by atoms with Crippen LogP contribution in [0.25, 0.3) is 0 Å². The molecule has 1 N–H and O–H groups in total. The number of sulfonamides is 1. The van der Waals surface area contributed by atoms with Crippen LogP contribution in [0.15, 0.2) is 108 Å². The number of carbonyl (C=O) groups is 2. The fourth-order valence-corrected chi connectivity index (χ4v) is 7.78. The molecule has 1 aliphatic rings. The highest BCUT2D eigenvalue weighted by atomic mass is 32.2. The Labute approximate surface area is 284 Å². The lowest BCUT2D eigenvalue weighted by Gasteiger charge is -2.35. The molecule has 0 spiro atoms. The average Bonchev–Trinajstić information content (AvgIpc) is 3.11. The van der Waals surface area contributed by atoms with Gasteiger partial charge < -0.3 is 15.0 Å². The Morgan fingerprint density at radius 1 is 0.833 bits per heavy atom. The second-order valence-electron chi connectivity index (χ2n) is 12.5. The maximum absolute atomic E-state index is 14.8. The lowest BCUT2D eigenvalue weighted by Crippen LogP contribution is -2.55. The first-order chi connectivity index (χ1) is 23.2. The van der Waals surface area contributed by atoms with E-state index in [2.05, 4.69) is 5.32 Å². The number of amides is 2. The number of nitrogens with zero attached hydrogens (tertiary/aromatic N) is 2. The van der Waals surface area contributed by atoms with E-state index < -0.39 is 28.5 Å². The van der Waals surface area contributed by atoms with Crippen molar-refractivity contribution in [3.63, 3.8) is 0 Å². The molecule has 1 saturated carbocycles. The third-order valence-electron chi connectivity index (χ3n) is 8.95. The molecule has 48 heavy (non-hydrogen) atoms. The molecule has 4 aromatic rings. The zero-order valence-electron chi connectivity index (χ0n) is 28.0. The van der Waals surface area contributed by atoms with E-state index in [0.29, 0.717) is 17.0 Å². The molecule has 0 aromatic heterocycles. The van der Waals surface area contributed by atoms with Gasteiger partial charge in [-0.15, -0.1) is 0 Å². The summed E-state index contributed by atoms with van der Waals surface area (Å²) >= 11 is 0. The van der Waals surface area contributed by atoms with Crippen LogP contribution in [0.1, 0.15) is 54.4 Å². The molecular formula is C39H45N3O5S. The van der Waals surface area contributed by atoms with Gasteiger partial charge in [0.25, 0.3) is 10.0 Å². The summed E-state index contributed by atoms with van der Waals surface area (Å²) in [6.07, 6.45) is 5.28. The minimum absolute atomic E-state index is 0.0307. The van der Waals surface area contributed by atoms with Crippen molar-refractivity contribution < 1.29 is 22.7 Å². The average molecular weight is 668 g/mol. The number of aryl methyl sites for hydroxylation is 2. The quantitative estimate of drug-likeness (QED) is 0.174. The molecular weight excluding hydrogens is 623 g/mol. The van der Waals surface area contributed by atoms with Crippen LogP contribution >= 0.6 is 0 Å². The number of benzene rings is 4. The SMILES string of the molecule is COc1cccc(CN(C(=O)CN(c2cc(C)ccc2C)S(=O)(=O)c2ccccc2)C(Cc2ccccc2)C(=O)NC2CCCCC2)c1. The summed E-state index contributed by atoms with van der Waals surface area (Å²) in [4.78, 5) is 30.7. The maximum Gasteiger partial charge on any atom is 0.264 e. The van der Waals surface area contributed by atoms with Crippen LogP contribution in [0.4, 0.5) is 5.69 Å². The number of ether oxygens (including phenoxy) is 1. The van der Waals surface area contributed by atoms with Crippen LogP contribution < -0.4 is 14.4 Å². The van der Waals surface area contributed by atoms with Gasteiger partial charge in [-0.25, -0.2) is 8.42 Å². The van der Waals surface area contributed by atoms with Crippen molar-refractivity contribution in [2.45, 2.75) is 75.9 Å². The second-order valence-corrected chi connectivity index (χ2v) is 14.4. The Morgan fingerprint density at radius 2 is 1.50 bits per heavy atom. The van der Waals surface area contributed by atoms with E-state index in [0.717, 1.165) is 48.8 Å². The number of nitrogens with one attached hydrogen (secondary N) is 1. The second kappa shape index (κ2) is 16.0. The van der Waals surface area contributed by atoms with Gasteiger partial charge in [0.2, 0.25) is 11.8 Å². The van der Waals surface area contributed by atoms with Gasteiger partial charge in [0.1, 0.15) is 18.3 Å². The molecule has 1 fully saturated rings. The van der Waals surface area contributed by atoms with Crippen molar-refractivity contribution in [2.75, 3.05) is 18.0 Å². The summed E-state index contributed by atoms with van der Waals surface area (Å²) < 4.78 is 35.3. The maximum atomic E-state index is 14.8. The van der Waals surface area contributed by atoms with Gasteiger partial charge in [-0.05, 0) is 79.3 Å². The molecule has 0 aliphatic heterocycles. The third kappa shape index (κ3) is 8.63. The fourth-order valence-electron chi connectivity index (χ4n) is 6.29. The molecule has 4 aromatic carbocycles. The van der Waals surface area contributed by atoms with E-state index in [9.17, 15) is 18.0 Å². The lowest BCUT2D eigenvalue weighted by molar-refractivity contribution is -0.140. The molecule has 0 saturated heterocycles. The van der Waals surface area contributed by atoms with Gasteiger partial charge in [0.15, 0.2) is 0 Å². The predicted molar refractivity (Wildman–Crippen MR) is 189 cm³/mol. The summed E-state index contributed by atoms with van der Waals surface area (Å²) in [6.45, 7) is 3.31. The molecule has 0 heterocycles. The number of methoxy groups -OCH3 is 1. The molecule has 0 radical (unpaired) electrons. The highest BCUT2D eigenvalue weighted by Crippen LogP contribution is 2.29. The van der Waals surface area contributed by atoms with Gasteiger partial charge in [-0.2, -0.15) is 0 Å². The Hall–Kier alpha value is -4.63. The first-order valence-corrected chi connectivity index (χ1v) is 18.0. The number of hydrogen-bond acceptors (Lipinski definition) is 5. The fraction of sp³-hybridized carbons (Fsp3) is 0.333. The summed E-state index contributed by atoms with van der Waals surface area (Å²) in [5.74, 6) is -0.112. The van der Waals surface area contributed by atoms with Gasteiger partial charge in [0.05, 0.1) is 17.7 Å². The molecule has 5 rings (SSSR count). The van der Waals surface area contributed by atoms with Crippen molar-refractivity contribution in [1.29, 1.82) is 0 Å². The number of hydrogen-bond donors (Lipinski definition) is 1. The highest BCUT2D eigenvalue weighted by Gasteiger charge is 2.36. The van der Waals surface area contributed by atoms with Gasteiger partial charge >= 0.3 is 0 Å². The molecule has 252 valence electrons. The Morgan fingerprint density at radius 3 is 2.19 bits per heavy atom. The molecule has 1 atom stereocenters. The van der Waals surface area contributed by atoms with Crippen LogP contribution in [0, 0.1) is 13.8 Å². The van der Waals surface area contributed by atoms with Crippen molar-refractivity contribution in [2.24, 2.45) is 0 Å². The van der Waals surface area contributed by atoms with Crippen LogP contribution in [0.3, 0.4) is 0 Å². The van der Waals surface area contributed by atoms with Crippen molar-refractivity contribution >= 4 is 27.5 Å². The van der Waals surface area contributed by atoms with Crippen molar-refractivity contribution in [3.05, 3.63) is 125 Å². The Balaban J connectivity index is 1.59. The standard InChI is InChI=1S/C39H45N3O5S/c1-29-22-23-30(2)36(24-29)42(48(45,46)35-20-11-6-12-21-35)28-38(43)41(27-32-16-13-19-34(25-32)47-3)37(26-31-14-7-4-8-15-31)39(44)40-33-17-9-5-10-18-33/h4,6-8,11-16,19-25,33,37H,5,9-10,17-18,26-28H2,1-3H3,(H,40,44). The highest BCUT2D eigenvalue weighted by molar-refractivity contribution is 7.92. The Kier molecular flexibility index (Phi) is 11.5. The smallest absolute Gasteiger partial charge is 0.264 e. The van der Waals surface area contributed by atoms with Crippen LogP contribution in [-0.2, 0) is 32.6 Å². The van der Waals surface area contributed by atoms with Crippen LogP contribution in [0.5, 0.6) is 5.75 Å². The topological polar surface area (TPSA) is 96.0 Å². The zero-order valence-corrected chi connectivity index (χ0v) is 28.8. The first kappa shape index (κ1) is 34.7. The van der Waals surface area contributed by atoms with E-state index >= 15 is 0 Å². The largest absolute Gasteiger partial charge is 0.497 e. The van der Waals surface area contributed by atoms with E-state index in [-0.39, 0.29) is 29.8 Å².